The van der Waals surface area contributed by atoms with Gasteiger partial charge in [-0.2, -0.15) is 18.4 Å². The molecule has 36 heavy (non-hydrogen) atoms. The minimum Gasteiger partial charge on any atom is -0.497 e. The Kier molecular flexibility index (Phi) is 5.94. The lowest BCUT2D eigenvalue weighted by atomic mass is 9.85. The number of hydrogen-bond acceptors (Lipinski definition) is 7. The van der Waals surface area contributed by atoms with Gasteiger partial charge in [0.15, 0.2) is 5.82 Å². The summed E-state index contributed by atoms with van der Waals surface area (Å²) in [6.07, 6.45) is -2.47. The number of hydrogen-bond donors (Lipinski definition) is 0. The van der Waals surface area contributed by atoms with E-state index in [1.54, 1.807) is 18.2 Å². The Balaban J connectivity index is 1.34. The molecule has 9 nitrogen and oxygen atoms in total. The van der Waals surface area contributed by atoms with Crippen LogP contribution in [-0.2, 0) is 24.1 Å². The first kappa shape index (κ1) is 23.8. The predicted octanol–water partition coefficient (Wildman–Crippen LogP) is 3.23. The van der Waals surface area contributed by atoms with E-state index in [9.17, 15) is 23.2 Å². The number of aromatic nitrogens is 4. The number of nitrogens with zero attached hydrogens (tertiary/aromatic N) is 7. The topological polar surface area (TPSA) is 100 Å². The third-order valence-corrected chi connectivity index (χ3v) is 7.03. The quantitative estimate of drug-likeness (QED) is 0.546. The number of methoxy groups -OCH3 is 1. The summed E-state index contributed by atoms with van der Waals surface area (Å²) in [5.74, 6) is -0.620. The zero-order chi connectivity index (χ0) is 25.6. The normalized spacial score (nSPS) is 20.2. The molecule has 0 unspecified atom stereocenters. The summed E-state index contributed by atoms with van der Waals surface area (Å²) >= 11 is 0. The maximum atomic E-state index is 13.4. The van der Waals surface area contributed by atoms with Gasteiger partial charge >= 0.3 is 6.18 Å². The highest BCUT2D eigenvalue weighted by atomic mass is 19.4. The minimum absolute atomic E-state index is 0.00422. The van der Waals surface area contributed by atoms with Crippen LogP contribution in [-0.4, -0.2) is 57.3 Å². The number of piperidine rings is 1. The van der Waals surface area contributed by atoms with E-state index in [-0.39, 0.29) is 43.2 Å². The van der Waals surface area contributed by atoms with Gasteiger partial charge in [0.25, 0.3) is 0 Å². The van der Waals surface area contributed by atoms with Crippen molar-refractivity contribution in [1.29, 1.82) is 5.26 Å². The monoisotopic (exact) mass is 499 g/mol. The molecular weight excluding hydrogens is 475 g/mol. The van der Waals surface area contributed by atoms with Gasteiger partial charge in [0.2, 0.25) is 11.7 Å². The molecule has 188 valence electrons. The molecule has 1 aromatic carbocycles. The van der Waals surface area contributed by atoms with Gasteiger partial charge in [-0.3, -0.25) is 9.78 Å². The SMILES string of the molecule is COc1ccc2c(N3CC[C@H](C(=O)N4CCn5c(nnc5C(F)(F)F)C4)[C@H](C)C3)c(C#N)cnc2c1. The second kappa shape index (κ2) is 8.96. The summed E-state index contributed by atoms with van der Waals surface area (Å²) in [7, 11) is 1.58. The third-order valence-electron chi connectivity index (χ3n) is 7.03. The fourth-order valence-electron chi connectivity index (χ4n) is 5.21. The van der Waals surface area contributed by atoms with Crippen LogP contribution in [0.1, 0.15) is 30.6 Å². The Labute approximate surface area is 205 Å². The second-order valence-corrected chi connectivity index (χ2v) is 9.18. The number of fused-ring (bicyclic) bond motifs is 2. The summed E-state index contributed by atoms with van der Waals surface area (Å²) < 4.78 is 45.7. The number of halogens is 3. The Hall–Kier alpha value is -3.88. The number of benzene rings is 1. The number of rotatable bonds is 3. The van der Waals surface area contributed by atoms with Crippen molar-refractivity contribution in [2.24, 2.45) is 11.8 Å². The molecule has 1 fully saturated rings. The van der Waals surface area contributed by atoms with Crippen molar-refractivity contribution in [3.8, 4) is 11.8 Å². The molecule has 5 rings (SSSR count). The largest absolute Gasteiger partial charge is 0.497 e. The lowest BCUT2D eigenvalue weighted by Gasteiger charge is -2.40. The van der Waals surface area contributed by atoms with E-state index in [0.717, 1.165) is 15.6 Å². The van der Waals surface area contributed by atoms with Gasteiger partial charge < -0.3 is 19.1 Å². The van der Waals surface area contributed by atoms with Crippen molar-refractivity contribution >= 4 is 22.5 Å². The van der Waals surface area contributed by atoms with Gasteiger partial charge in [0.05, 0.1) is 30.4 Å². The van der Waals surface area contributed by atoms with Crippen LogP contribution >= 0.6 is 0 Å². The number of alkyl halides is 3. The zero-order valence-corrected chi connectivity index (χ0v) is 19.8. The first-order valence-electron chi connectivity index (χ1n) is 11.6. The van der Waals surface area contributed by atoms with Crippen LogP contribution in [0.15, 0.2) is 24.4 Å². The number of nitriles is 1. The minimum atomic E-state index is -4.58. The number of ether oxygens (including phenoxy) is 1. The standard InChI is InChI=1S/C24H24F3N7O2/c1-14-12-32(21-15(10-28)11-29-19-9-16(36-2)3-4-18(19)21)6-5-17(14)22(35)33-7-8-34-20(13-33)30-31-23(34)24(25,26)27/h3-4,9,11,14,17H,5-8,12-13H2,1-2H3/t14-,17+/m1/s1. The third kappa shape index (κ3) is 4.08. The van der Waals surface area contributed by atoms with E-state index in [4.69, 9.17) is 4.74 Å². The van der Waals surface area contributed by atoms with E-state index in [2.05, 4.69) is 26.2 Å². The lowest BCUT2D eigenvalue weighted by Crippen LogP contribution is -2.49. The van der Waals surface area contributed by atoms with Crippen molar-refractivity contribution in [1.82, 2.24) is 24.6 Å². The maximum Gasteiger partial charge on any atom is 0.451 e. The smallest absolute Gasteiger partial charge is 0.451 e. The van der Waals surface area contributed by atoms with E-state index in [1.165, 1.54) is 0 Å². The summed E-state index contributed by atoms with van der Waals surface area (Å²) in [4.78, 5) is 21.5. The Bertz CT molecular complexity index is 1360. The van der Waals surface area contributed by atoms with Gasteiger partial charge in [0, 0.05) is 49.7 Å². The molecule has 12 heteroatoms. The lowest BCUT2D eigenvalue weighted by molar-refractivity contribution is -0.148. The van der Waals surface area contributed by atoms with Crippen molar-refractivity contribution in [3.05, 3.63) is 41.6 Å². The van der Waals surface area contributed by atoms with Gasteiger partial charge in [-0.05, 0) is 24.5 Å². The van der Waals surface area contributed by atoms with Crippen LogP contribution in [0.5, 0.6) is 5.75 Å². The number of pyridine rings is 1. The molecule has 1 amide bonds. The van der Waals surface area contributed by atoms with E-state index >= 15 is 0 Å². The fraction of sp³-hybridized carbons (Fsp3) is 0.458. The Morgan fingerprint density at radius 2 is 2.03 bits per heavy atom. The average Bonchev–Trinajstić information content (AvgIpc) is 3.31. The van der Waals surface area contributed by atoms with Gasteiger partial charge in [0.1, 0.15) is 11.8 Å². The zero-order valence-electron chi connectivity index (χ0n) is 19.8. The van der Waals surface area contributed by atoms with Crippen LogP contribution in [0.4, 0.5) is 18.9 Å². The molecule has 0 radical (unpaired) electrons. The molecule has 4 heterocycles. The Morgan fingerprint density at radius 3 is 2.72 bits per heavy atom. The molecule has 1 saturated heterocycles. The summed E-state index contributed by atoms with van der Waals surface area (Å²) in [5, 5.41) is 17.5. The molecular formula is C24H24F3N7O2. The molecule has 2 atom stereocenters. The van der Waals surface area contributed by atoms with Gasteiger partial charge in [-0.25, -0.2) is 0 Å². The molecule has 2 aromatic heterocycles. The highest BCUT2D eigenvalue weighted by Crippen LogP contribution is 2.36. The van der Waals surface area contributed by atoms with Gasteiger partial charge in [-0.1, -0.05) is 6.92 Å². The molecule has 0 bridgehead atoms. The number of carbonyl (C=O) groups excluding carboxylic acids is 1. The summed E-state index contributed by atoms with van der Waals surface area (Å²) in [6, 6.07) is 7.76. The number of carbonyl (C=O) groups is 1. The highest BCUT2D eigenvalue weighted by molar-refractivity contribution is 5.95. The molecule has 0 aliphatic carbocycles. The number of amides is 1. The van der Waals surface area contributed by atoms with Crippen LogP contribution in [0.2, 0.25) is 0 Å². The average molecular weight is 499 g/mol. The van der Waals surface area contributed by atoms with E-state index in [0.29, 0.717) is 36.3 Å². The van der Waals surface area contributed by atoms with Crippen LogP contribution in [0.25, 0.3) is 10.9 Å². The van der Waals surface area contributed by atoms with Crippen molar-refractivity contribution in [2.45, 2.75) is 32.6 Å². The molecule has 2 aliphatic heterocycles. The molecule has 0 spiro atoms. The van der Waals surface area contributed by atoms with Crippen molar-refractivity contribution < 1.29 is 22.7 Å². The van der Waals surface area contributed by atoms with E-state index in [1.807, 2.05) is 25.1 Å². The predicted molar refractivity (Wildman–Crippen MR) is 123 cm³/mol. The summed E-state index contributed by atoms with van der Waals surface area (Å²) in [5.41, 5.74) is 1.96. The molecule has 2 aliphatic rings. The molecule has 3 aromatic rings. The highest BCUT2D eigenvalue weighted by Gasteiger charge is 2.41. The fourth-order valence-corrected chi connectivity index (χ4v) is 5.21. The molecule has 0 N–H and O–H groups in total. The first-order valence-corrected chi connectivity index (χ1v) is 11.6. The Morgan fingerprint density at radius 1 is 1.22 bits per heavy atom. The van der Waals surface area contributed by atoms with Crippen LogP contribution in [0, 0.1) is 23.2 Å². The number of anilines is 1. The maximum absolute atomic E-state index is 13.4. The van der Waals surface area contributed by atoms with Crippen molar-refractivity contribution in [3.63, 3.8) is 0 Å². The molecule has 0 saturated carbocycles. The van der Waals surface area contributed by atoms with E-state index < -0.39 is 12.0 Å². The first-order chi connectivity index (χ1) is 17.2. The van der Waals surface area contributed by atoms with Crippen LogP contribution < -0.4 is 9.64 Å². The second-order valence-electron chi connectivity index (χ2n) is 9.18. The summed E-state index contributed by atoms with van der Waals surface area (Å²) in [6.45, 7) is 3.29. The van der Waals surface area contributed by atoms with Gasteiger partial charge in [-0.15, -0.1) is 10.2 Å². The van der Waals surface area contributed by atoms with Crippen LogP contribution in [0.3, 0.4) is 0 Å². The van der Waals surface area contributed by atoms with Crippen molar-refractivity contribution in [2.75, 3.05) is 31.6 Å².